The fourth-order valence-corrected chi connectivity index (χ4v) is 3.48. The van der Waals surface area contributed by atoms with Gasteiger partial charge in [0.2, 0.25) is 0 Å². The standard InChI is InChI=1S/C12H16BrNS/c13-12-4-2-1-3-10(12)6-8-15-11-5-7-14-9-11/h1-4,11,14H,5-9H2. The first kappa shape index (κ1) is 11.5. The lowest BCUT2D eigenvalue weighted by atomic mass is 10.2. The van der Waals surface area contributed by atoms with Crippen molar-refractivity contribution < 1.29 is 0 Å². The highest BCUT2D eigenvalue weighted by molar-refractivity contribution is 9.10. The van der Waals surface area contributed by atoms with E-state index >= 15 is 0 Å². The summed E-state index contributed by atoms with van der Waals surface area (Å²) in [4.78, 5) is 0. The van der Waals surface area contributed by atoms with E-state index in [1.54, 1.807) is 0 Å². The van der Waals surface area contributed by atoms with E-state index in [1.165, 1.54) is 41.7 Å². The quantitative estimate of drug-likeness (QED) is 0.913. The van der Waals surface area contributed by atoms with Crippen molar-refractivity contribution in [3.05, 3.63) is 34.3 Å². The molecule has 1 N–H and O–H groups in total. The second-order valence-corrected chi connectivity index (χ2v) is 6.09. The minimum atomic E-state index is 0.840. The summed E-state index contributed by atoms with van der Waals surface area (Å²) in [5.41, 5.74) is 1.43. The number of benzene rings is 1. The van der Waals surface area contributed by atoms with Crippen molar-refractivity contribution in [1.29, 1.82) is 0 Å². The maximum atomic E-state index is 3.59. The zero-order chi connectivity index (χ0) is 10.5. The van der Waals surface area contributed by atoms with Gasteiger partial charge in [0, 0.05) is 16.3 Å². The Hall–Kier alpha value is 0.01000. The molecule has 1 aromatic carbocycles. The van der Waals surface area contributed by atoms with E-state index < -0.39 is 0 Å². The van der Waals surface area contributed by atoms with Gasteiger partial charge in [0.15, 0.2) is 0 Å². The first-order chi connectivity index (χ1) is 7.36. The monoisotopic (exact) mass is 285 g/mol. The molecule has 0 spiro atoms. The van der Waals surface area contributed by atoms with Crippen LogP contribution in [0.5, 0.6) is 0 Å². The second kappa shape index (κ2) is 5.92. The summed E-state index contributed by atoms with van der Waals surface area (Å²) in [5, 5.41) is 4.24. The highest BCUT2D eigenvalue weighted by atomic mass is 79.9. The van der Waals surface area contributed by atoms with Crippen LogP contribution in [0.3, 0.4) is 0 Å². The summed E-state index contributed by atoms with van der Waals surface area (Å²) < 4.78 is 1.25. The average Bonchev–Trinajstić information content (AvgIpc) is 2.74. The first-order valence-electron chi connectivity index (χ1n) is 5.42. The number of rotatable bonds is 4. The van der Waals surface area contributed by atoms with Crippen molar-refractivity contribution in [2.75, 3.05) is 18.8 Å². The predicted molar refractivity (Wildman–Crippen MR) is 71.6 cm³/mol. The van der Waals surface area contributed by atoms with E-state index in [0.717, 1.165) is 5.25 Å². The average molecular weight is 286 g/mol. The summed E-state index contributed by atoms with van der Waals surface area (Å²) in [6.07, 6.45) is 2.50. The predicted octanol–water partition coefficient (Wildman–Crippen LogP) is 3.09. The molecule has 1 fully saturated rings. The van der Waals surface area contributed by atoms with Gasteiger partial charge >= 0.3 is 0 Å². The van der Waals surface area contributed by atoms with Gasteiger partial charge in [-0.05, 0) is 36.8 Å². The molecule has 3 heteroatoms. The zero-order valence-electron chi connectivity index (χ0n) is 8.71. The first-order valence-corrected chi connectivity index (χ1v) is 7.26. The van der Waals surface area contributed by atoms with Crippen molar-refractivity contribution in [3.63, 3.8) is 0 Å². The summed E-state index contributed by atoms with van der Waals surface area (Å²) in [7, 11) is 0. The number of aryl methyl sites for hydroxylation is 1. The number of hydrogen-bond donors (Lipinski definition) is 1. The van der Waals surface area contributed by atoms with E-state index in [1.807, 2.05) is 0 Å². The fraction of sp³-hybridized carbons (Fsp3) is 0.500. The lowest BCUT2D eigenvalue weighted by Gasteiger charge is -2.08. The maximum Gasteiger partial charge on any atom is 0.0207 e. The Morgan fingerprint density at radius 2 is 2.27 bits per heavy atom. The van der Waals surface area contributed by atoms with Crippen LogP contribution in [-0.4, -0.2) is 24.1 Å². The Balaban J connectivity index is 1.75. The number of nitrogens with one attached hydrogen (secondary N) is 1. The Morgan fingerprint density at radius 1 is 1.40 bits per heavy atom. The van der Waals surface area contributed by atoms with Gasteiger partial charge < -0.3 is 5.32 Å². The summed E-state index contributed by atoms with van der Waals surface area (Å²) in [5.74, 6) is 1.23. The molecule has 1 aromatic rings. The number of hydrogen-bond acceptors (Lipinski definition) is 2. The fourth-order valence-electron chi connectivity index (χ4n) is 1.81. The van der Waals surface area contributed by atoms with E-state index in [9.17, 15) is 0 Å². The minimum Gasteiger partial charge on any atom is -0.316 e. The molecule has 0 aliphatic carbocycles. The molecule has 2 rings (SSSR count). The van der Waals surface area contributed by atoms with Gasteiger partial charge in [0.25, 0.3) is 0 Å². The van der Waals surface area contributed by atoms with Crippen LogP contribution in [0.1, 0.15) is 12.0 Å². The highest BCUT2D eigenvalue weighted by Gasteiger charge is 2.14. The molecule has 0 saturated carbocycles. The van der Waals surface area contributed by atoms with E-state index in [-0.39, 0.29) is 0 Å². The molecular weight excluding hydrogens is 270 g/mol. The van der Waals surface area contributed by atoms with Crippen molar-refractivity contribution in [3.8, 4) is 0 Å². The van der Waals surface area contributed by atoms with Crippen LogP contribution in [0.15, 0.2) is 28.7 Å². The largest absolute Gasteiger partial charge is 0.316 e. The highest BCUT2D eigenvalue weighted by Crippen LogP contribution is 2.21. The van der Waals surface area contributed by atoms with Gasteiger partial charge in [-0.25, -0.2) is 0 Å². The molecule has 0 aromatic heterocycles. The van der Waals surface area contributed by atoms with Crippen LogP contribution in [0.2, 0.25) is 0 Å². The van der Waals surface area contributed by atoms with Crippen LogP contribution in [0.4, 0.5) is 0 Å². The molecule has 1 aliphatic heterocycles. The van der Waals surface area contributed by atoms with Crippen LogP contribution in [0.25, 0.3) is 0 Å². The number of thioether (sulfide) groups is 1. The smallest absolute Gasteiger partial charge is 0.0207 e. The van der Waals surface area contributed by atoms with Gasteiger partial charge in [0.1, 0.15) is 0 Å². The van der Waals surface area contributed by atoms with Gasteiger partial charge in [-0.1, -0.05) is 34.1 Å². The molecule has 1 heterocycles. The lowest BCUT2D eigenvalue weighted by molar-refractivity contribution is 0.858. The van der Waals surface area contributed by atoms with Gasteiger partial charge in [-0.2, -0.15) is 11.8 Å². The molecule has 1 saturated heterocycles. The Labute approximate surface area is 104 Å². The zero-order valence-corrected chi connectivity index (χ0v) is 11.1. The Kier molecular flexibility index (Phi) is 4.54. The van der Waals surface area contributed by atoms with Crippen LogP contribution in [0, 0.1) is 0 Å². The van der Waals surface area contributed by atoms with E-state index in [4.69, 9.17) is 0 Å². The normalized spacial score (nSPS) is 20.7. The molecule has 82 valence electrons. The molecule has 0 radical (unpaired) electrons. The van der Waals surface area contributed by atoms with E-state index in [2.05, 4.69) is 57.3 Å². The molecule has 1 aliphatic rings. The van der Waals surface area contributed by atoms with Crippen LogP contribution in [-0.2, 0) is 6.42 Å². The van der Waals surface area contributed by atoms with Crippen molar-refractivity contribution in [2.24, 2.45) is 0 Å². The molecular formula is C12H16BrNS. The lowest BCUT2D eigenvalue weighted by Crippen LogP contribution is -2.10. The summed E-state index contributed by atoms with van der Waals surface area (Å²) in [6, 6.07) is 8.51. The van der Waals surface area contributed by atoms with Gasteiger partial charge in [-0.3, -0.25) is 0 Å². The van der Waals surface area contributed by atoms with Crippen molar-refractivity contribution >= 4 is 27.7 Å². The molecule has 1 nitrogen and oxygen atoms in total. The third kappa shape index (κ3) is 3.51. The summed E-state index contributed by atoms with van der Waals surface area (Å²) in [6.45, 7) is 2.40. The maximum absolute atomic E-state index is 3.59. The van der Waals surface area contributed by atoms with Gasteiger partial charge in [-0.15, -0.1) is 0 Å². The molecule has 1 atom stereocenters. The van der Waals surface area contributed by atoms with E-state index in [0.29, 0.717) is 0 Å². The van der Waals surface area contributed by atoms with Gasteiger partial charge in [0.05, 0.1) is 0 Å². The molecule has 1 unspecified atom stereocenters. The molecule has 0 amide bonds. The third-order valence-corrected chi connectivity index (χ3v) is 4.79. The van der Waals surface area contributed by atoms with Crippen molar-refractivity contribution in [1.82, 2.24) is 5.32 Å². The topological polar surface area (TPSA) is 12.0 Å². The van der Waals surface area contributed by atoms with Crippen LogP contribution < -0.4 is 5.32 Å². The molecule has 15 heavy (non-hydrogen) atoms. The van der Waals surface area contributed by atoms with Crippen LogP contribution >= 0.6 is 27.7 Å². The second-order valence-electron chi connectivity index (χ2n) is 3.83. The molecule has 0 bridgehead atoms. The summed E-state index contributed by atoms with van der Waals surface area (Å²) >= 11 is 5.69. The Morgan fingerprint density at radius 3 is 3.00 bits per heavy atom. The number of halogens is 1. The SMILES string of the molecule is Brc1ccccc1CCSC1CCNC1. The Bertz CT molecular complexity index is 310. The third-order valence-electron chi connectivity index (χ3n) is 2.70. The minimum absolute atomic E-state index is 0.840. The van der Waals surface area contributed by atoms with Crippen molar-refractivity contribution in [2.45, 2.75) is 18.1 Å².